The molecule has 0 saturated carbocycles. The maximum atomic E-state index is 11.3. The Morgan fingerprint density at radius 1 is 1.06 bits per heavy atom. The number of aliphatic hydroxyl groups is 1. The van der Waals surface area contributed by atoms with Crippen molar-refractivity contribution in [2.75, 3.05) is 5.32 Å². The van der Waals surface area contributed by atoms with Crippen molar-refractivity contribution in [2.45, 2.75) is 18.7 Å². The van der Waals surface area contributed by atoms with Crippen LogP contribution in [0, 0.1) is 11.3 Å². The number of aliphatic hydroxyl groups excluding tert-OH is 1. The molecule has 2 N–H and O–H groups in total. The van der Waals surface area contributed by atoms with Gasteiger partial charge in [-0.25, -0.2) is 4.98 Å². The topological polar surface area (TPSA) is 86.2 Å². The monoisotopic (exact) mass is 523 g/mol. The van der Waals surface area contributed by atoms with Crippen LogP contribution < -0.4 is 5.32 Å². The summed E-state index contributed by atoms with van der Waals surface area (Å²) in [6.07, 6.45) is 4.05. The Hall–Kier alpha value is -3.34. The Morgan fingerprint density at radius 2 is 1.83 bits per heavy atom. The van der Waals surface area contributed by atoms with E-state index in [-0.39, 0.29) is 5.84 Å². The molecule has 0 amide bonds. The van der Waals surface area contributed by atoms with Crippen molar-refractivity contribution in [2.24, 2.45) is 4.99 Å². The predicted molar refractivity (Wildman–Crippen MR) is 140 cm³/mol. The average molecular weight is 525 g/mol. The molecule has 0 aliphatic heterocycles. The number of aromatic nitrogens is 2. The van der Waals surface area contributed by atoms with Crippen LogP contribution in [0.2, 0.25) is 15.1 Å². The first kappa shape index (κ1) is 24.8. The number of imidazole rings is 1. The summed E-state index contributed by atoms with van der Waals surface area (Å²) in [4.78, 5) is 9.04. The van der Waals surface area contributed by atoms with Crippen LogP contribution in [-0.4, -0.2) is 20.5 Å². The summed E-state index contributed by atoms with van der Waals surface area (Å²) in [5, 5.41) is 25.4. The van der Waals surface area contributed by atoms with Gasteiger partial charge in [-0.1, -0.05) is 53.0 Å². The molecule has 0 fully saturated rings. The molecule has 0 saturated heterocycles. The minimum absolute atomic E-state index is 0.276. The molecule has 0 aliphatic carbocycles. The highest BCUT2D eigenvalue weighted by atomic mass is 35.5. The van der Waals surface area contributed by atoms with Crippen molar-refractivity contribution in [3.05, 3.63) is 117 Å². The number of nitriles is 1. The largest absolute Gasteiger partial charge is 0.380 e. The highest BCUT2D eigenvalue weighted by molar-refractivity contribution is 6.35. The number of nitrogens with zero attached hydrogens (tertiary/aromatic N) is 4. The number of hydrogen-bond donors (Lipinski definition) is 2. The molecule has 2 atom stereocenters. The van der Waals surface area contributed by atoms with E-state index in [2.05, 4.69) is 16.4 Å². The molecular formula is C26H20Cl3N5O. The summed E-state index contributed by atoms with van der Waals surface area (Å²) in [5.41, 5.74) is 2.38. The van der Waals surface area contributed by atoms with Crippen LogP contribution in [0.1, 0.15) is 28.8 Å². The first-order chi connectivity index (χ1) is 16.9. The molecule has 0 bridgehead atoms. The molecule has 35 heavy (non-hydrogen) atoms. The molecule has 9 heteroatoms. The second-order valence-corrected chi connectivity index (χ2v) is 9.01. The summed E-state index contributed by atoms with van der Waals surface area (Å²) < 4.78 is 1.88. The standard InChI is InChI=1S/C26H20Cl3N5O/c27-19-4-7-21(8-5-19)32-26(25(35)18-3-1-2-17(12-18)14-30)33-24(15-34-11-10-31-16-34)22-9-6-20(28)13-23(22)29/h1-13,16,24-25,35H,15H2,(H,32,33). The first-order valence-corrected chi connectivity index (χ1v) is 11.8. The second kappa shape index (κ2) is 11.4. The Morgan fingerprint density at radius 3 is 2.51 bits per heavy atom. The number of anilines is 1. The number of hydrogen-bond acceptors (Lipinski definition) is 4. The Bertz CT molecular complexity index is 1360. The van der Waals surface area contributed by atoms with Crippen molar-refractivity contribution in [3.8, 4) is 6.07 Å². The lowest BCUT2D eigenvalue weighted by atomic mass is 10.0. The second-order valence-electron chi connectivity index (χ2n) is 7.73. The molecule has 1 heterocycles. The summed E-state index contributed by atoms with van der Waals surface area (Å²) in [6.45, 7) is 0.415. The van der Waals surface area contributed by atoms with Gasteiger partial charge < -0.3 is 15.0 Å². The first-order valence-electron chi connectivity index (χ1n) is 10.6. The van der Waals surface area contributed by atoms with E-state index in [1.54, 1.807) is 73.2 Å². The minimum Gasteiger partial charge on any atom is -0.380 e. The van der Waals surface area contributed by atoms with E-state index in [0.29, 0.717) is 38.4 Å². The molecular weight excluding hydrogens is 505 g/mol. The van der Waals surface area contributed by atoms with Crippen molar-refractivity contribution < 1.29 is 5.11 Å². The third kappa shape index (κ3) is 6.41. The summed E-state index contributed by atoms with van der Waals surface area (Å²) in [7, 11) is 0. The fourth-order valence-electron chi connectivity index (χ4n) is 3.53. The van der Waals surface area contributed by atoms with Gasteiger partial charge in [-0.15, -0.1) is 0 Å². The Kier molecular flexibility index (Phi) is 8.06. The molecule has 4 rings (SSSR count). The van der Waals surface area contributed by atoms with E-state index in [1.807, 2.05) is 16.8 Å². The third-order valence-electron chi connectivity index (χ3n) is 5.27. The van der Waals surface area contributed by atoms with Crippen LogP contribution in [-0.2, 0) is 6.54 Å². The summed E-state index contributed by atoms with van der Waals surface area (Å²) in [6, 6.07) is 20.7. The molecule has 0 aliphatic rings. The quantitative estimate of drug-likeness (QED) is 0.208. The van der Waals surface area contributed by atoms with Gasteiger partial charge in [0.25, 0.3) is 0 Å². The normalized spacial score (nSPS) is 13.2. The van der Waals surface area contributed by atoms with Crippen LogP contribution in [0.25, 0.3) is 0 Å². The van der Waals surface area contributed by atoms with E-state index < -0.39 is 12.1 Å². The van der Waals surface area contributed by atoms with Crippen LogP contribution in [0.4, 0.5) is 5.69 Å². The predicted octanol–water partition coefficient (Wildman–Crippen LogP) is 6.70. The smallest absolute Gasteiger partial charge is 0.136 e. The van der Waals surface area contributed by atoms with Gasteiger partial charge in [0, 0.05) is 33.1 Å². The van der Waals surface area contributed by atoms with Gasteiger partial charge >= 0.3 is 0 Å². The van der Waals surface area contributed by atoms with Gasteiger partial charge in [0.2, 0.25) is 0 Å². The SMILES string of the molecule is N#Cc1cccc(C(O)C(=NC(Cn2ccnc2)c2ccc(Cl)cc2Cl)Nc2ccc(Cl)cc2)c1. The lowest BCUT2D eigenvalue weighted by molar-refractivity contribution is 0.246. The average Bonchev–Trinajstić information content (AvgIpc) is 3.37. The molecule has 6 nitrogen and oxygen atoms in total. The molecule has 4 aromatic rings. The van der Waals surface area contributed by atoms with Crippen molar-refractivity contribution in [3.63, 3.8) is 0 Å². The molecule has 2 unspecified atom stereocenters. The van der Waals surface area contributed by atoms with Crippen LogP contribution in [0.15, 0.2) is 90.4 Å². The van der Waals surface area contributed by atoms with Gasteiger partial charge in [-0.05, 0) is 59.7 Å². The van der Waals surface area contributed by atoms with E-state index >= 15 is 0 Å². The van der Waals surface area contributed by atoms with Gasteiger partial charge in [0.15, 0.2) is 0 Å². The maximum absolute atomic E-state index is 11.3. The molecule has 0 radical (unpaired) electrons. The molecule has 1 aromatic heterocycles. The lowest BCUT2D eigenvalue weighted by Gasteiger charge is -2.22. The highest BCUT2D eigenvalue weighted by Gasteiger charge is 2.22. The fourth-order valence-corrected chi connectivity index (χ4v) is 4.19. The molecule has 0 spiro atoms. The van der Waals surface area contributed by atoms with Crippen LogP contribution in [0.3, 0.4) is 0 Å². The van der Waals surface area contributed by atoms with E-state index in [4.69, 9.17) is 39.8 Å². The van der Waals surface area contributed by atoms with Gasteiger partial charge in [-0.3, -0.25) is 4.99 Å². The van der Waals surface area contributed by atoms with Gasteiger partial charge in [0.05, 0.1) is 30.5 Å². The van der Waals surface area contributed by atoms with Crippen LogP contribution >= 0.6 is 34.8 Å². The van der Waals surface area contributed by atoms with E-state index in [9.17, 15) is 10.4 Å². The number of aliphatic imine (C=N–C) groups is 1. The minimum atomic E-state index is -1.14. The van der Waals surface area contributed by atoms with E-state index in [0.717, 1.165) is 5.56 Å². The lowest BCUT2D eigenvalue weighted by Crippen LogP contribution is -2.23. The Labute approximate surface area is 218 Å². The zero-order chi connectivity index (χ0) is 24.8. The number of benzene rings is 3. The number of amidine groups is 1. The third-order valence-corrected chi connectivity index (χ3v) is 6.08. The summed E-state index contributed by atoms with van der Waals surface area (Å²) >= 11 is 18.7. The number of rotatable bonds is 7. The molecule has 176 valence electrons. The van der Waals surface area contributed by atoms with Crippen molar-refractivity contribution in [1.82, 2.24) is 9.55 Å². The number of nitrogens with one attached hydrogen (secondary N) is 1. The number of halogens is 3. The van der Waals surface area contributed by atoms with Crippen LogP contribution in [0.5, 0.6) is 0 Å². The molecule has 3 aromatic carbocycles. The fraction of sp³-hybridized carbons (Fsp3) is 0.115. The van der Waals surface area contributed by atoms with Gasteiger partial charge in [0.1, 0.15) is 11.9 Å². The van der Waals surface area contributed by atoms with E-state index in [1.165, 1.54) is 0 Å². The highest BCUT2D eigenvalue weighted by Crippen LogP contribution is 2.31. The zero-order valence-electron chi connectivity index (χ0n) is 18.3. The van der Waals surface area contributed by atoms with Crippen molar-refractivity contribution >= 4 is 46.3 Å². The summed E-state index contributed by atoms with van der Waals surface area (Å²) in [5.74, 6) is 0.276. The maximum Gasteiger partial charge on any atom is 0.136 e. The Balaban J connectivity index is 1.80. The zero-order valence-corrected chi connectivity index (χ0v) is 20.6. The van der Waals surface area contributed by atoms with Gasteiger partial charge in [-0.2, -0.15) is 5.26 Å². The van der Waals surface area contributed by atoms with Crippen molar-refractivity contribution in [1.29, 1.82) is 5.26 Å².